The van der Waals surface area contributed by atoms with Gasteiger partial charge < -0.3 is 0 Å². The van der Waals surface area contributed by atoms with E-state index < -0.39 is 0 Å². The van der Waals surface area contributed by atoms with Gasteiger partial charge >= 0.3 is 0 Å². The molecule has 0 radical (unpaired) electrons. The van der Waals surface area contributed by atoms with Crippen LogP contribution in [-0.4, -0.2) is 5.78 Å². The van der Waals surface area contributed by atoms with Crippen LogP contribution in [0.4, 0.5) is 0 Å². The average Bonchev–Trinajstić information content (AvgIpc) is 2.04. The summed E-state index contributed by atoms with van der Waals surface area (Å²) >= 11 is 0. The van der Waals surface area contributed by atoms with Gasteiger partial charge in [0.05, 0.1) is 0 Å². The fourth-order valence-corrected chi connectivity index (χ4v) is 2.01. The Morgan fingerprint density at radius 1 is 1.15 bits per heavy atom. The molecule has 1 saturated carbocycles. The molecule has 0 aromatic heterocycles. The van der Waals surface area contributed by atoms with Crippen molar-refractivity contribution in [3.8, 4) is 0 Å². The molecular weight excluding hydrogens is 160 g/mol. The molecule has 1 nitrogen and oxygen atoms in total. The van der Waals surface area contributed by atoms with Crippen LogP contribution in [0.3, 0.4) is 0 Å². The summed E-state index contributed by atoms with van der Waals surface area (Å²) in [5, 5.41) is 0. The van der Waals surface area contributed by atoms with Crippen molar-refractivity contribution < 1.29 is 4.79 Å². The van der Waals surface area contributed by atoms with Gasteiger partial charge in [-0.05, 0) is 32.8 Å². The third-order valence-corrected chi connectivity index (χ3v) is 2.97. The van der Waals surface area contributed by atoms with Gasteiger partial charge in [-0.15, -0.1) is 0 Å². The SMILES string of the molecule is CC(C)=CC(=O)C1(C)CCCCC1. The van der Waals surface area contributed by atoms with E-state index in [1.807, 2.05) is 19.9 Å². The van der Waals surface area contributed by atoms with E-state index in [1.165, 1.54) is 19.3 Å². The van der Waals surface area contributed by atoms with E-state index >= 15 is 0 Å². The second kappa shape index (κ2) is 4.08. The van der Waals surface area contributed by atoms with Gasteiger partial charge in [-0.2, -0.15) is 0 Å². The van der Waals surface area contributed by atoms with Crippen LogP contribution in [0.5, 0.6) is 0 Å². The van der Waals surface area contributed by atoms with Crippen LogP contribution >= 0.6 is 0 Å². The largest absolute Gasteiger partial charge is 0.294 e. The highest BCUT2D eigenvalue weighted by molar-refractivity contribution is 5.95. The van der Waals surface area contributed by atoms with Crippen LogP contribution in [0.25, 0.3) is 0 Å². The molecule has 0 unspecified atom stereocenters. The zero-order chi connectivity index (χ0) is 9.90. The van der Waals surface area contributed by atoms with Crippen LogP contribution in [0, 0.1) is 5.41 Å². The molecule has 0 atom stereocenters. The molecule has 1 rings (SSSR count). The van der Waals surface area contributed by atoms with Crippen LogP contribution in [0.1, 0.15) is 52.9 Å². The van der Waals surface area contributed by atoms with Gasteiger partial charge in [-0.1, -0.05) is 31.8 Å². The van der Waals surface area contributed by atoms with Crippen molar-refractivity contribution in [2.75, 3.05) is 0 Å². The van der Waals surface area contributed by atoms with Crippen LogP contribution in [0.15, 0.2) is 11.6 Å². The van der Waals surface area contributed by atoms with Gasteiger partial charge in [0.25, 0.3) is 0 Å². The van der Waals surface area contributed by atoms with E-state index in [9.17, 15) is 4.79 Å². The lowest BCUT2D eigenvalue weighted by atomic mass is 9.72. The predicted molar refractivity (Wildman–Crippen MR) is 55.6 cm³/mol. The monoisotopic (exact) mass is 180 g/mol. The minimum atomic E-state index is -0.0461. The maximum atomic E-state index is 11.9. The molecule has 0 saturated heterocycles. The van der Waals surface area contributed by atoms with E-state index in [0.717, 1.165) is 18.4 Å². The minimum absolute atomic E-state index is 0.0461. The van der Waals surface area contributed by atoms with E-state index in [1.54, 1.807) is 0 Å². The van der Waals surface area contributed by atoms with Crippen molar-refractivity contribution in [1.82, 2.24) is 0 Å². The average molecular weight is 180 g/mol. The van der Waals surface area contributed by atoms with Gasteiger partial charge in [-0.3, -0.25) is 4.79 Å². The van der Waals surface area contributed by atoms with Gasteiger partial charge in [0.15, 0.2) is 5.78 Å². The maximum absolute atomic E-state index is 11.9. The first-order valence-electron chi connectivity index (χ1n) is 5.24. The summed E-state index contributed by atoms with van der Waals surface area (Å²) in [5.74, 6) is 0.340. The molecule has 0 bridgehead atoms. The normalized spacial score (nSPS) is 20.8. The molecule has 0 spiro atoms. The first-order valence-corrected chi connectivity index (χ1v) is 5.24. The second-order valence-electron chi connectivity index (χ2n) is 4.71. The Morgan fingerprint density at radius 3 is 2.15 bits per heavy atom. The highest BCUT2D eigenvalue weighted by atomic mass is 16.1. The molecule has 0 aromatic carbocycles. The smallest absolute Gasteiger partial charge is 0.161 e. The Labute approximate surface area is 81.2 Å². The molecule has 1 aliphatic rings. The van der Waals surface area contributed by atoms with Crippen molar-refractivity contribution in [3.05, 3.63) is 11.6 Å². The third-order valence-electron chi connectivity index (χ3n) is 2.97. The number of carbonyl (C=O) groups excluding carboxylic acids is 1. The first-order chi connectivity index (χ1) is 6.04. The fourth-order valence-electron chi connectivity index (χ4n) is 2.01. The summed E-state index contributed by atoms with van der Waals surface area (Å²) in [4.78, 5) is 11.9. The third kappa shape index (κ3) is 2.68. The van der Waals surface area contributed by atoms with Crippen LogP contribution in [0.2, 0.25) is 0 Å². The van der Waals surface area contributed by atoms with Gasteiger partial charge in [0.1, 0.15) is 0 Å². The Hall–Kier alpha value is -0.590. The van der Waals surface area contributed by atoms with Crippen molar-refractivity contribution >= 4 is 5.78 Å². The highest BCUT2D eigenvalue weighted by Crippen LogP contribution is 2.36. The molecule has 74 valence electrons. The minimum Gasteiger partial charge on any atom is -0.294 e. The summed E-state index contributed by atoms with van der Waals surface area (Å²) in [5.41, 5.74) is 1.08. The Kier molecular flexibility index (Phi) is 3.29. The van der Waals surface area contributed by atoms with E-state index in [0.29, 0.717) is 5.78 Å². The zero-order valence-electron chi connectivity index (χ0n) is 9.02. The molecule has 0 heterocycles. The molecule has 1 heteroatoms. The molecule has 0 aromatic rings. The molecular formula is C12H20O. The van der Waals surface area contributed by atoms with Crippen molar-refractivity contribution in [2.24, 2.45) is 5.41 Å². The molecule has 1 aliphatic carbocycles. The lowest BCUT2D eigenvalue weighted by Crippen LogP contribution is -2.28. The summed E-state index contributed by atoms with van der Waals surface area (Å²) in [6.07, 6.45) is 7.71. The number of allylic oxidation sites excluding steroid dienone is 2. The number of hydrogen-bond acceptors (Lipinski definition) is 1. The Bertz CT molecular complexity index is 215. The predicted octanol–water partition coefficient (Wildman–Crippen LogP) is 3.49. The van der Waals surface area contributed by atoms with E-state index in [4.69, 9.17) is 0 Å². The number of hydrogen-bond donors (Lipinski definition) is 0. The molecule has 0 N–H and O–H groups in total. The lowest BCUT2D eigenvalue weighted by molar-refractivity contribution is -0.124. The highest BCUT2D eigenvalue weighted by Gasteiger charge is 2.32. The summed E-state index contributed by atoms with van der Waals surface area (Å²) in [6.45, 7) is 6.10. The van der Waals surface area contributed by atoms with Crippen molar-refractivity contribution in [1.29, 1.82) is 0 Å². The molecule has 0 amide bonds. The first kappa shape index (κ1) is 10.5. The Balaban J connectivity index is 2.67. The van der Waals surface area contributed by atoms with E-state index in [-0.39, 0.29) is 5.41 Å². The topological polar surface area (TPSA) is 17.1 Å². The number of rotatable bonds is 2. The second-order valence-corrected chi connectivity index (χ2v) is 4.71. The zero-order valence-corrected chi connectivity index (χ0v) is 9.02. The van der Waals surface area contributed by atoms with E-state index in [2.05, 4.69) is 6.92 Å². The van der Waals surface area contributed by atoms with Crippen LogP contribution in [-0.2, 0) is 4.79 Å². The van der Waals surface area contributed by atoms with Crippen LogP contribution < -0.4 is 0 Å². The fraction of sp³-hybridized carbons (Fsp3) is 0.750. The summed E-state index contributed by atoms with van der Waals surface area (Å²) < 4.78 is 0. The van der Waals surface area contributed by atoms with Gasteiger partial charge in [0.2, 0.25) is 0 Å². The Morgan fingerprint density at radius 2 is 1.69 bits per heavy atom. The van der Waals surface area contributed by atoms with Gasteiger partial charge in [-0.25, -0.2) is 0 Å². The van der Waals surface area contributed by atoms with Crippen molar-refractivity contribution in [2.45, 2.75) is 52.9 Å². The number of ketones is 1. The molecule has 13 heavy (non-hydrogen) atoms. The maximum Gasteiger partial charge on any atom is 0.161 e. The quantitative estimate of drug-likeness (QED) is 0.594. The van der Waals surface area contributed by atoms with Crippen molar-refractivity contribution in [3.63, 3.8) is 0 Å². The molecule has 1 fully saturated rings. The van der Waals surface area contributed by atoms with Gasteiger partial charge in [0, 0.05) is 5.41 Å². The standard InChI is InChI=1S/C12H20O/c1-10(2)9-11(13)12(3)7-5-4-6-8-12/h9H,4-8H2,1-3H3. The lowest BCUT2D eigenvalue weighted by Gasteiger charge is -2.31. The molecule has 0 aliphatic heterocycles. The summed E-state index contributed by atoms with van der Waals surface area (Å²) in [7, 11) is 0. The number of carbonyl (C=O) groups is 1. The summed E-state index contributed by atoms with van der Waals surface area (Å²) in [6, 6.07) is 0.